The van der Waals surface area contributed by atoms with Crippen LogP contribution in [0.2, 0.25) is 0 Å². The molecule has 0 bridgehead atoms. The van der Waals surface area contributed by atoms with Gasteiger partial charge in [-0.25, -0.2) is 0 Å². The zero-order valence-electron chi connectivity index (χ0n) is 9.15. The van der Waals surface area contributed by atoms with Gasteiger partial charge >= 0.3 is 0 Å². The zero-order chi connectivity index (χ0) is 11.5. The third kappa shape index (κ3) is 2.51. The number of hydrogen-bond donors (Lipinski definition) is 1. The van der Waals surface area contributed by atoms with Gasteiger partial charge in [0, 0.05) is 17.2 Å². The van der Waals surface area contributed by atoms with Crippen LogP contribution in [0.3, 0.4) is 0 Å². The van der Waals surface area contributed by atoms with Crippen LogP contribution in [-0.4, -0.2) is 9.78 Å². The van der Waals surface area contributed by atoms with Crippen LogP contribution in [0, 0.1) is 6.92 Å². The molecule has 0 fully saturated rings. The number of nitrogens with zero attached hydrogens (tertiary/aromatic N) is 2. The summed E-state index contributed by atoms with van der Waals surface area (Å²) in [5, 5.41) is 4.27. The molecule has 0 aliphatic carbocycles. The number of hydrogen-bond acceptors (Lipinski definition) is 2. The molecule has 0 unspecified atom stereocenters. The van der Waals surface area contributed by atoms with E-state index < -0.39 is 0 Å². The average molecular weight is 280 g/mol. The molecule has 0 atom stereocenters. The van der Waals surface area contributed by atoms with Gasteiger partial charge in [-0.1, -0.05) is 28.1 Å². The Morgan fingerprint density at radius 1 is 1.44 bits per heavy atom. The van der Waals surface area contributed by atoms with Gasteiger partial charge in [-0.15, -0.1) is 0 Å². The summed E-state index contributed by atoms with van der Waals surface area (Å²) in [5.41, 5.74) is 9.10. The number of aromatic nitrogens is 2. The molecule has 1 heterocycles. The largest absolute Gasteiger partial charge is 0.326 e. The number of benzene rings is 1. The lowest BCUT2D eigenvalue weighted by Gasteiger charge is -2.06. The molecule has 16 heavy (non-hydrogen) atoms. The third-order valence-electron chi connectivity index (χ3n) is 2.45. The molecule has 0 spiro atoms. The molecule has 0 aliphatic rings. The SMILES string of the molecule is Cc1cnn(Cc2ccc(CN)cc2Br)c1. The highest BCUT2D eigenvalue weighted by Gasteiger charge is 2.02. The average Bonchev–Trinajstić information content (AvgIpc) is 2.67. The van der Waals surface area contributed by atoms with Crippen molar-refractivity contribution < 1.29 is 0 Å². The Hall–Kier alpha value is -1.13. The number of halogens is 1. The molecular weight excluding hydrogens is 266 g/mol. The van der Waals surface area contributed by atoms with Gasteiger partial charge < -0.3 is 5.73 Å². The van der Waals surface area contributed by atoms with Crippen molar-refractivity contribution in [2.75, 3.05) is 0 Å². The van der Waals surface area contributed by atoms with Gasteiger partial charge in [0.1, 0.15) is 0 Å². The van der Waals surface area contributed by atoms with Crippen LogP contribution in [0.5, 0.6) is 0 Å². The maximum atomic E-state index is 5.59. The fraction of sp³-hybridized carbons (Fsp3) is 0.250. The molecule has 0 amide bonds. The first-order valence-corrected chi connectivity index (χ1v) is 5.95. The molecule has 2 aromatic rings. The molecule has 4 heteroatoms. The van der Waals surface area contributed by atoms with Gasteiger partial charge in [-0.2, -0.15) is 5.10 Å². The minimum absolute atomic E-state index is 0.569. The van der Waals surface area contributed by atoms with E-state index in [1.165, 1.54) is 11.1 Å². The first-order chi connectivity index (χ1) is 7.69. The number of rotatable bonds is 3. The predicted octanol–water partition coefficient (Wildman–Crippen LogP) is 2.46. The molecule has 84 valence electrons. The van der Waals surface area contributed by atoms with Gasteiger partial charge in [0.05, 0.1) is 12.7 Å². The predicted molar refractivity (Wildman–Crippen MR) is 68.1 cm³/mol. The maximum Gasteiger partial charge on any atom is 0.0670 e. The highest BCUT2D eigenvalue weighted by molar-refractivity contribution is 9.10. The quantitative estimate of drug-likeness (QED) is 0.938. The van der Waals surface area contributed by atoms with E-state index >= 15 is 0 Å². The standard InChI is InChI=1S/C12H14BrN3/c1-9-6-15-16(7-9)8-11-3-2-10(5-14)4-12(11)13/h2-4,6-7H,5,8,14H2,1H3. The lowest BCUT2D eigenvalue weighted by molar-refractivity contribution is 0.684. The summed E-state index contributed by atoms with van der Waals surface area (Å²) in [4.78, 5) is 0. The summed E-state index contributed by atoms with van der Waals surface area (Å²) in [7, 11) is 0. The minimum atomic E-state index is 0.569. The fourth-order valence-corrected chi connectivity index (χ4v) is 2.13. The van der Waals surface area contributed by atoms with Crippen molar-refractivity contribution >= 4 is 15.9 Å². The molecule has 0 saturated carbocycles. The van der Waals surface area contributed by atoms with Gasteiger partial charge in [-0.3, -0.25) is 4.68 Å². The Balaban J connectivity index is 2.21. The molecule has 1 aromatic carbocycles. The van der Waals surface area contributed by atoms with Gasteiger partial charge in [0.25, 0.3) is 0 Å². The maximum absolute atomic E-state index is 5.59. The summed E-state index contributed by atoms with van der Waals surface area (Å²) in [5.74, 6) is 0. The van der Waals surface area contributed by atoms with Crippen LogP contribution in [0.1, 0.15) is 16.7 Å². The van der Waals surface area contributed by atoms with Crippen LogP contribution >= 0.6 is 15.9 Å². The van der Waals surface area contributed by atoms with Crippen molar-refractivity contribution in [3.63, 3.8) is 0 Å². The molecular formula is C12H14BrN3. The van der Waals surface area contributed by atoms with E-state index in [0.717, 1.165) is 16.6 Å². The van der Waals surface area contributed by atoms with Crippen LogP contribution < -0.4 is 5.73 Å². The van der Waals surface area contributed by atoms with Crippen LogP contribution in [0.4, 0.5) is 0 Å². The highest BCUT2D eigenvalue weighted by atomic mass is 79.9. The smallest absolute Gasteiger partial charge is 0.0670 e. The monoisotopic (exact) mass is 279 g/mol. The van der Waals surface area contributed by atoms with Crippen molar-refractivity contribution in [1.82, 2.24) is 9.78 Å². The van der Waals surface area contributed by atoms with Crippen LogP contribution in [0.15, 0.2) is 35.1 Å². The Morgan fingerprint density at radius 2 is 2.25 bits per heavy atom. The van der Waals surface area contributed by atoms with Gasteiger partial charge in [0.2, 0.25) is 0 Å². The Kier molecular flexibility index (Phi) is 3.41. The molecule has 0 aliphatic heterocycles. The Morgan fingerprint density at radius 3 is 2.81 bits per heavy atom. The lowest BCUT2D eigenvalue weighted by Crippen LogP contribution is -2.02. The van der Waals surface area contributed by atoms with E-state index in [4.69, 9.17) is 5.73 Å². The summed E-state index contributed by atoms with van der Waals surface area (Å²) in [6.45, 7) is 3.38. The number of aryl methyl sites for hydroxylation is 1. The Bertz CT molecular complexity index is 491. The first kappa shape index (κ1) is 11.4. The first-order valence-electron chi connectivity index (χ1n) is 5.15. The second-order valence-corrected chi connectivity index (χ2v) is 4.70. The number of nitrogens with two attached hydrogens (primary N) is 1. The second-order valence-electron chi connectivity index (χ2n) is 3.85. The Labute approximate surface area is 103 Å². The fourth-order valence-electron chi connectivity index (χ4n) is 1.57. The minimum Gasteiger partial charge on any atom is -0.326 e. The molecule has 3 nitrogen and oxygen atoms in total. The summed E-state index contributed by atoms with van der Waals surface area (Å²) >= 11 is 3.56. The van der Waals surface area contributed by atoms with E-state index in [1.807, 2.05) is 24.0 Å². The molecule has 2 rings (SSSR count). The zero-order valence-corrected chi connectivity index (χ0v) is 10.7. The van der Waals surface area contributed by atoms with E-state index in [1.54, 1.807) is 0 Å². The van der Waals surface area contributed by atoms with Crippen molar-refractivity contribution in [2.24, 2.45) is 5.73 Å². The second kappa shape index (κ2) is 4.80. The third-order valence-corrected chi connectivity index (χ3v) is 3.19. The highest BCUT2D eigenvalue weighted by Crippen LogP contribution is 2.19. The summed E-state index contributed by atoms with van der Waals surface area (Å²) in [6.07, 6.45) is 3.89. The van der Waals surface area contributed by atoms with E-state index in [9.17, 15) is 0 Å². The van der Waals surface area contributed by atoms with Crippen molar-refractivity contribution in [3.05, 3.63) is 51.8 Å². The summed E-state index contributed by atoms with van der Waals surface area (Å²) in [6, 6.07) is 6.20. The van der Waals surface area contributed by atoms with Gasteiger partial charge in [0.15, 0.2) is 0 Å². The van der Waals surface area contributed by atoms with Crippen molar-refractivity contribution in [2.45, 2.75) is 20.0 Å². The van der Waals surface area contributed by atoms with Crippen LogP contribution in [-0.2, 0) is 13.1 Å². The molecule has 2 N–H and O–H groups in total. The normalized spacial score (nSPS) is 10.7. The molecule has 0 saturated heterocycles. The topological polar surface area (TPSA) is 43.8 Å². The van der Waals surface area contributed by atoms with Crippen molar-refractivity contribution in [3.8, 4) is 0 Å². The van der Waals surface area contributed by atoms with Gasteiger partial charge in [-0.05, 0) is 29.7 Å². The molecule has 1 aromatic heterocycles. The van der Waals surface area contributed by atoms with Crippen molar-refractivity contribution in [1.29, 1.82) is 0 Å². The van der Waals surface area contributed by atoms with E-state index in [0.29, 0.717) is 6.54 Å². The van der Waals surface area contributed by atoms with E-state index in [2.05, 4.69) is 39.2 Å². The van der Waals surface area contributed by atoms with Crippen LogP contribution in [0.25, 0.3) is 0 Å². The summed E-state index contributed by atoms with van der Waals surface area (Å²) < 4.78 is 3.01. The lowest BCUT2D eigenvalue weighted by atomic mass is 10.1. The molecule has 0 radical (unpaired) electrons. The van der Waals surface area contributed by atoms with E-state index in [-0.39, 0.29) is 0 Å².